The van der Waals surface area contributed by atoms with Crippen molar-refractivity contribution in [2.24, 2.45) is 0 Å². The van der Waals surface area contributed by atoms with Crippen molar-refractivity contribution < 1.29 is 19.5 Å². The lowest BCUT2D eigenvalue weighted by Crippen LogP contribution is -2.34. The van der Waals surface area contributed by atoms with E-state index in [4.69, 9.17) is 39.9 Å². The van der Waals surface area contributed by atoms with Crippen molar-refractivity contribution >= 4 is 58.4 Å². The molecule has 0 heterocycles. The highest BCUT2D eigenvalue weighted by molar-refractivity contribution is 6.44. The van der Waals surface area contributed by atoms with Crippen molar-refractivity contribution in [1.29, 1.82) is 0 Å². The standard InChI is InChI=1S/C12H11Cl3N2O4/c13-6-4-8(15)9(5-7(6)14)16-12(21)17-10(18)2-1-3-11(19)20/h4-5H,1-3H2,(H,19,20)(H2,16,17,18,21). The lowest BCUT2D eigenvalue weighted by Gasteiger charge is -2.09. The molecule has 3 N–H and O–H groups in total. The maximum Gasteiger partial charge on any atom is 0.325 e. The summed E-state index contributed by atoms with van der Waals surface area (Å²) in [5, 5.41) is 13.4. The van der Waals surface area contributed by atoms with Gasteiger partial charge in [0, 0.05) is 12.8 Å². The van der Waals surface area contributed by atoms with Crippen LogP contribution in [-0.4, -0.2) is 23.0 Å². The van der Waals surface area contributed by atoms with Crippen LogP contribution < -0.4 is 10.6 Å². The Labute approximate surface area is 135 Å². The third kappa shape index (κ3) is 6.20. The van der Waals surface area contributed by atoms with Gasteiger partial charge in [0.25, 0.3) is 0 Å². The molecule has 0 bridgehead atoms. The van der Waals surface area contributed by atoms with E-state index in [1.807, 2.05) is 5.32 Å². The number of rotatable bonds is 5. The average Bonchev–Trinajstić information content (AvgIpc) is 2.35. The number of nitrogens with one attached hydrogen (secondary N) is 2. The number of urea groups is 1. The summed E-state index contributed by atoms with van der Waals surface area (Å²) in [6.45, 7) is 0. The molecule has 0 radical (unpaired) electrons. The first-order valence-corrected chi connectivity index (χ1v) is 6.90. The Balaban J connectivity index is 2.52. The van der Waals surface area contributed by atoms with Crippen LogP contribution in [0, 0.1) is 0 Å². The number of imide groups is 1. The number of carboxylic acid groups (broad SMARTS) is 1. The van der Waals surface area contributed by atoms with Crippen LogP contribution in [0.15, 0.2) is 12.1 Å². The van der Waals surface area contributed by atoms with E-state index in [1.54, 1.807) is 0 Å². The van der Waals surface area contributed by atoms with E-state index in [1.165, 1.54) is 12.1 Å². The van der Waals surface area contributed by atoms with Gasteiger partial charge in [-0.2, -0.15) is 0 Å². The molecule has 1 rings (SSSR count). The first-order chi connectivity index (χ1) is 9.79. The zero-order valence-electron chi connectivity index (χ0n) is 10.6. The molecule has 1 aromatic rings. The predicted molar refractivity (Wildman–Crippen MR) is 80.1 cm³/mol. The van der Waals surface area contributed by atoms with Gasteiger partial charge < -0.3 is 10.4 Å². The van der Waals surface area contributed by atoms with Crippen LogP contribution in [0.1, 0.15) is 19.3 Å². The van der Waals surface area contributed by atoms with Crippen LogP contribution in [0.4, 0.5) is 10.5 Å². The number of aliphatic carboxylic acids is 1. The second-order valence-electron chi connectivity index (χ2n) is 4.00. The van der Waals surface area contributed by atoms with Gasteiger partial charge in [-0.05, 0) is 18.6 Å². The van der Waals surface area contributed by atoms with Crippen LogP contribution in [0.5, 0.6) is 0 Å². The van der Waals surface area contributed by atoms with E-state index in [0.717, 1.165) is 0 Å². The number of carbonyl (C=O) groups excluding carboxylic acids is 2. The van der Waals surface area contributed by atoms with Crippen molar-refractivity contribution in [3.05, 3.63) is 27.2 Å². The van der Waals surface area contributed by atoms with Gasteiger partial charge >= 0.3 is 12.0 Å². The second-order valence-corrected chi connectivity index (χ2v) is 5.22. The summed E-state index contributed by atoms with van der Waals surface area (Å²) in [5.74, 6) is -1.60. The number of halogens is 3. The molecule has 0 spiro atoms. The Morgan fingerprint density at radius 2 is 1.62 bits per heavy atom. The lowest BCUT2D eigenvalue weighted by atomic mass is 10.2. The molecule has 3 amide bonds. The molecule has 0 atom stereocenters. The molecule has 0 saturated carbocycles. The molecule has 0 aliphatic rings. The lowest BCUT2D eigenvalue weighted by molar-refractivity contribution is -0.137. The maximum absolute atomic E-state index is 11.6. The molecule has 0 saturated heterocycles. The van der Waals surface area contributed by atoms with Crippen LogP contribution in [0.2, 0.25) is 15.1 Å². The second kappa shape index (κ2) is 8.07. The van der Waals surface area contributed by atoms with E-state index in [0.29, 0.717) is 0 Å². The van der Waals surface area contributed by atoms with Gasteiger partial charge in [-0.15, -0.1) is 0 Å². The summed E-state index contributed by atoms with van der Waals surface area (Å²) in [7, 11) is 0. The molecular weight excluding hydrogens is 343 g/mol. The quantitative estimate of drug-likeness (QED) is 0.705. The van der Waals surface area contributed by atoms with Gasteiger partial charge in [0.2, 0.25) is 5.91 Å². The first kappa shape index (κ1) is 17.6. The number of carbonyl (C=O) groups is 3. The van der Waals surface area contributed by atoms with E-state index in [-0.39, 0.29) is 40.0 Å². The topological polar surface area (TPSA) is 95.5 Å². The number of anilines is 1. The van der Waals surface area contributed by atoms with Crippen molar-refractivity contribution in [3.63, 3.8) is 0 Å². The van der Waals surface area contributed by atoms with E-state index < -0.39 is 17.9 Å². The molecule has 0 fully saturated rings. The Bertz CT molecular complexity index is 578. The van der Waals surface area contributed by atoms with Crippen LogP contribution in [0.25, 0.3) is 0 Å². The minimum Gasteiger partial charge on any atom is -0.481 e. The average molecular weight is 354 g/mol. The summed E-state index contributed by atoms with van der Waals surface area (Å²) in [5.41, 5.74) is 0.196. The number of benzene rings is 1. The zero-order chi connectivity index (χ0) is 16.0. The highest BCUT2D eigenvalue weighted by Gasteiger charge is 2.12. The molecule has 21 heavy (non-hydrogen) atoms. The molecule has 0 aliphatic carbocycles. The fourth-order valence-electron chi connectivity index (χ4n) is 1.36. The van der Waals surface area contributed by atoms with E-state index >= 15 is 0 Å². The highest BCUT2D eigenvalue weighted by Crippen LogP contribution is 2.32. The summed E-state index contributed by atoms with van der Waals surface area (Å²) < 4.78 is 0. The fourth-order valence-corrected chi connectivity index (χ4v) is 1.96. The molecule has 1 aromatic carbocycles. The first-order valence-electron chi connectivity index (χ1n) is 5.76. The maximum atomic E-state index is 11.6. The van der Waals surface area contributed by atoms with Gasteiger partial charge in [0.15, 0.2) is 0 Å². The number of carboxylic acids is 1. The Hall–Kier alpha value is -1.50. The summed E-state index contributed by atoms with van der Waals surface area (Å²) in [6, 6.07) is 1.91. The van der Waals surface area contributed by atoms with Gasteiger partial charge in [0.1, 0.15) is 0 Å². The van der Waals surface area contributed by atoms with E-state index in [2.05, 4.69) is 5.32 Å². The Morgan fingerprint density at radius 1 is 1.00 bits per heavy atom. The third-order valence-corrected chi connectivity index (χ3v) is 3.34. The Kier molecular flexibility index (Phi) is 6.74. The van der Waals surface area contributed by atoms with Gasteiger partial charge in [-0.3, -0.25) is 14.9 Å². The van der Waals surface area contributed by atoms with Gasteiger partial charge in [-0.1, -0.05) is 34.8 Å². The monoisotopic (exact) mass is 352 g/mol. The minimum atomic E-state index is -1.00. The SMILES string of the molecule is O=C(O)CCCC(=O)NC(=O)Nc1cc(Cl)c(Cl)cc1Cl. The normalized spacial score (nSPS) is 10.0. The summed E-state index contributed by atoms with van der Waals surface area (Å²) in [4.78, 5) is 33.3. The molecule has 0 unspecified atom stereocenters. The van der Waals surface area contributed by atoms with Gasteiger partial charge in [0.05, 0.1) is 20.8 Å². The summed E-state index contributed by atoms with van der Waals surface area (Å²) in [6.07, 6.45) is -0.0789. The van der Waals surface area contributed by atoms with Gasteiger partial charge in [-0.25, -0.2) is 4.79 Å². The number of amides is 3. The largest absolute Gasteiger partial charge is 0.481 e. The van der Waals surface area contributed by atoms with Crippen LogP contribution in [-0.2, 0) is 9.59 Å². The molecule has 114 valence electrons. The van der Waals surface area contributed by atoms with Crippen molar-refractivity contribution in [2.45, 2.75) is 19.3 Å². The highest BCUT2D eigenvalue weighted by atomic mass is 35.5. The zero-order valence-corrected chi connectivity index (χ0v) is 12.8. The van der Waals surface area contributed by atoms with Crippen molar-refractivity contribution in [3.8, 4) is 0 Å². The molecule has 0 aromatic heterocycles. The number of hydrogen-bond donors (Lipinski definition) is 3. The van der Waals surface area contributed by atoms with Crippen LogP contribution in [0.3, 0.4) is 0 Å². The molecule has 9 heteroatoms. The van der Waals surface area contributed by atoms with Crippen molar-refractivity contribution in [1.82, 2.24) is 5.32 Å². The van der Waals surface area contributed by atoms with Crippen LogP contribution >= 0.6 is 34.8 Å². The molecule has 6 nitrogen and oxygen atoms in total. The molecular formula is C12H11Cl3N2O4. The predicted octanol–water partition coefficient (Wildman–Crippen LogP) is 3.55. The fraction of sp³-hybridized carbons (Fsp3) is 0.250. The van der Waals surface area contributed by atoms with Crippen molar-refractivity contribution in [2.75, 3.05) is 5.32 Å². The smallest absolute Gasteiger partial charge is 0.325 e. The molecule has 0 aliphatic heterocycles. The Morgan fingerprint density at radius 3 is 2.24 bits per heavy atom. The minimum absolute atomic E-state index is 0.0746. The summed E-state index contributed by atoms with van der Waals surface area (Å²) >= 11 is 17.4. The van der Waals surface area contributed by atoms with E-state index in [9.17, 15) is 14.4 Å². The number of hydrogen-bond acceptors (Lipinski definition) is 3. The third-order valence-electron chi connectivity index (χ3n) is 2.31.